The molecule has 0 heterocycles. The fourth-order valence-corrected chi connectivity index (χ4v) is 2.16. The molecule has 4 heteroatoms. The second-order valence-corrected chi connectivity index (χ2v) is 5.13. The van der Waals surface area contributed by atoms with Crippen LogP contribution in [0.2, 0.25) is 0 Å². The average Bonchev–Trinajstić information content (AvgIpc) is 2.47. The van der Waals surface area contributed by atoms with E-state index < -0.39 is 5.54 Å². The molecule has 20 heavy (non-hydrogen) atoms. The molecule has 1 rings (SSSR count). The molecule has 1 atom stereocenters. The molecule has 0 spiro atoms. The average molecular weight is 279 g/mol. The van der Waals surface area contributed by atoms with Crippen LogP contribution in [0.1, 0.15) is 39.5 Å². The minimum atomic E-state index is -0.696. The van der Waals surface area contributed by atoms with Gasteiger partial charge in [0, 0.05) is 5.69 Å². The first-order chi connectivity index (χ1) is 9.55. The minimum absolute atomic E-state index is 0.232. The van der Waals surface area contributed by atoms with Crippen molar-refractivity contribution in [1.29, 1.82) is 0 Å². The molecule has 0 saturated carbocycles. The molecular formula is C16H25NO3. The zero-order valence-corrected chi connectivity index (χ0v) is 12.9. The van der Waals surface area contributed by atoms with E-state index in [1.165, 1.54) is 7.11 Å². The van der Waals surface area contributed by atoms with E-state index in [0.717, 1.165) is 37.1 Å². The molecule has 0 saturated heterocycles. The first-order valence-corrected chi connectivity index (χ1v) is 7.06. The Bertz CT molecular complexity index is 416. The van der Waals surface area contributed by atoms with Gasteiger partial charge < -0.3 is 14.8 Å². The van der Waals surface area contributed by atoms with Crippen molar-refractivity contribution in [2.75, 3.05) is 19.5 Å². The van der Waals surface area contributed by atoms with E-state index in [0.29, 0.717) is 0 Å². The summed E-state index contributed by atoms with van der Waals surface area (Å²) in [5.41, 5.74) is 0.189. The summed E-state index contributed by atoms with van der Waals surface area (Å²) in [5, 5.41) is 3.29. The number of unbranched alkanes of at least 4 members (excludes halogenated alkanes) is 2. The van der Waals surface area contributed by atoms with Crippen LogP contribution in [0.5, 0.6) is 5.75 Å². The Labute approximate surface area is 121 Å². The number of benzene rings is 1. The number of carbonyl (C=O) groups is 1. The number of anilines is 1. The molecule has 1 unspecified atom stereocenters. The SMILES string of the molecule is CCCCCC(C)(Nc1ccc(OC)cc1)C(=O)OC. The van der Waals surface area contributed by atoms with Crippen LogP contribution in [-0.2, 0) is 9.53 Å². The predicted molar refractivity (Wildman–Crippen MR) is 81.2 cm³/mol. The summed E-state index contributed by atoms with van der Waals surface area (Å²) in [5.74, 6) is 0.561. The van der Waals surface area contributed by atoms with E-state index in [1.807, 2.05) is 31.2 Å². The van der Waals surface area contributed by atoms with Crippen molar-refractivity contribution in [2.45, 2.75) is 45.1 Å². The van der Waals surface area contributed by atoms with Gasteiger partial charge in [-0.25, -0.2) is 4.79 Å². The molecule has 0 amide bonds. The molecule has 0 aliphatic carbocycles. The van der Waals surface area contributed by atoms with Crippen molar-refractivity contribution in [3.8, 4) is 5.75 Å². The van der Waals surface area contributed by atoms with E-state index in [4.69, 9.17) is 9.47 Å². The number of hydrogen-bond acceptors (Lipinski definition) is 4. The second-order valence-electron chi connectivity index (χ2n) is 5.13. The maximum Gasteiger partial charge on any atom is 0.331 e. The molecule has 1 N–H and O–H groups in total. The maximum absolute atomic E-state index is 12.0. The van der Waals surface area contributed by atoms with E-state index in [9.17, 15) is 4.79 Å². The van der Waals surface area contributed by atoms with Crippen molar-refractivity contribution in [1.82, 2.24) is 0 Å². The Morgan fingerprint density at radius 3 is 2.35 bits per heavy atom. The molecule has 0 aliphatic heterocycles. The molecule has 0 aromatic heterocycles. The quantitative estimate of drug-likeness (QED) is 0.583. The van der Waals surface area contributed by atoms with Crippen LogP contribution >= 0.6 is 0 Å². The first-order valence-electron chi connectivity index (χ1n) is 7.06. The van der Waals surface area contributed by atoms with Gasteiger partial charge in [-0.05, 0) is 37.6 Å². The number of rotatable bonds is 8. The lowest BCUT2D eigenvalue weighted by atomic mass is 9.94. The second kappa shape index (κ2) is 7.78. The highest BCUT2D eigenvalue weighted by Gasteiger charge is 2.33. The van der Waals surface area contributed by atoms with Gasteiger partial charge in [-0.15, -0.1) is 0 Å². The smallest absolute Gasteiger partial charge is 0.331 e. The highest BCUT2D eigenvalue weighted by atomic mass is 16.5. The Morgan fingerprint density at radius 1 is 1.20 bits per heavy atom. The molecule has 0 fully saturated rings. The summed E-state index contributed by atoms with van der Waals surface area (Å²) < 4.78 is 10.1. The Balaban J connectivity index is 2.79. The van der Waals surface area contributed by atoms with Crippen molar-refractivity contribution in [3.63, 3.8) is 0 Å². The largest absolute Gasteiger partial charge is 0.497 e. The monoisotopic (exact) mass is 279 g/mol. The topological polar surface area (TPSA) is 47.6 Å². The molecule has 112 valence electrons. The summed E-state index contributed by atoms with van der Waals surface area (Å²) in [7, 11) is 3.06. The Hall–Kier alpha value is -1.71. The van der Waals surface area contributed by atoms with Crippen LogP contribution in [0.25, 0.3) is 0 Å². The molecule has 1 aromatic rings. The van der Waals surface area contributed by atoms with Crippen LogP contribution in [0.15, 0.2) is 24.3 Å². The molecule has 0 bridgehead atoms. The van der Waals surface area contributed by atoms with Crippen molar-refractivity contribution >= 4 is 11.7 Å². The number of esters is 1. The zero-order chi connectivity index (χ0) is 15.0. The normalized spacial score (nSPS) is 13.4. The van der Waals surface area contributed by atoms with Gasteiger partial charge in [-0.1, -0.05) is 26.2 Å². The third-order valence-electron chi connectivity index (χ3n) is 3.43. The molecular weight excluding hydrogens is 254 g/mol. The van der Waals surface area contributed by atoms with Gasteiger partial charge in [0.15, 0.2) is 0 Å². The predicted octanol–water partition coefficient (Wildman–Crippen LogP) is 3.62. The van der Waals surface area contributed by atoms with Gasteiger partial charge >= 0.3 is 5.97 Å². The van der Waals surface area contributed by atoms with Crippen LogP contribution in [0.4, 0.5) is 5.69 Å². The van der Waals surface area contributed by atoms with Gasteiger partial charge in [-0.2, -0.15) is 0 Å². The highest BCUT2D eigenvalue weighted by molar-refractivity contribution is 5.84. The summed E-state index contributed by atoms with van der Waals surface area (Å²) in [6.45, 7) is 4.03. The molecule has 0 radical (unpaired) electrons. The lowest BCUT2D eigenvalue weighted by Gasteiger charge is -2.29. The molecule has 4 nitrogen and oxygen atoms in total. The summed E-state index contributed by atoms with van der Waals surface area (Å²) in [4.78, 5) is 12.0. The van der Waals surface area contributed by atoms with Gasteiger partial charge in [0.1, 0.15) is 11.3 Å². The Kier molecular flexibility index (Phi) is 6.36. The zero-order valence-electron chi connectivity index (χ0n) is 12.9. The van der Waals surface area contributed by atoms with E-state index in [1.54, 1.807) is 7.11 Å². The van der Waals surface area contributed by atoms with Crippen molar-refractivity contribution < 1.29 is 14.3 Å². The number of nitrogens with one attached hydrogen (secondary N) is 1. The van der Waals surface area contributed by atoms with Gasteiger partial charge in [0.2, 0.25) is 0 Å². The van der Waals surface area contributed by atoms with Gasteiger partial charge in [-0.3, -0.25) is 0 Å². The maximum atomic E-state index is 12.0. The number of ether oxygens (including phenoxy) is 2. The lowest BCUT2D eigenvalue weighted by molar-refractivity contribution is -0.145. The third-order valence-corrected chi connectivity index (χ3v) is 3.43. The standard InChI is InChI=1S/C16H25NO3/c1-5-6-7-12-16(2,15(18)20-4)17-13-8-10-14(19-3)11-9-13/h8-11,17H,5-7,12H2,1-4H3. The number of methoxy groups -OCH3 is 2. The van der Waals surface area contributed by atoms with E-state index >= 15 is 0 Å². The van der Waals surface area contributed by atoms with Crippen LogP contribution in [-0.4, -0.2) is 25.7 Å². The fourth-order valence-electron chi connectivity index (χ4n) is 2.16. The fraction of sp³-hybridized carbons (Fsp3) is 0.562. The van der Waals surface area contributed by atoms with Crippen molar-refractivity contribution in [2.24, 2.45) is 0 Å². The van der Waals surface area contributed by atoms with Crippen LogP contribution in [0.3, 0.4) is 0 Å². The van der Waals surface area contributed by atoms with E-state index in [2.05, 4.69) is 12.2 Å². The summed E-state index contributed by atoms with van der Waals surface area (Å²) in [6.07, 6.45) is 3.97. The third kappa shape index (κ3) is 4.44. The number of hydrogen-bond donors (Lipinski definition) is 1. The summed E-state index contributed by atoms with van der Waals surface area (Å²) in [6, 6.07) is 7.54. The van der Waals surface area contributed by atoms with Crippen LogP contribution < -0.4 is 10.1 Å². The summed E-state index contributed by atoms with van der Waals surface area (Å²) >= 11 is 0. The number of carbonyl (C=O) groups excluding carboxylic acids is 1. The molecule has 1 aromatic carbocycles. The van der Waals surface area contributed by atoms with Crippen LogP contribution in [0, 0.1) is 0 Å². The first kappa shape index (κ1) is 16.3. The lowest BCUT2D eigenvalue weighted by Crippen LogP contribution is -2.44. The van der Waals surface area contributed by atoms with Gasteiger partial charge in [0.05, 0.1) is 14.2 Å². The highest BCUT2D eigenvalue weighted by Crippen LogP contribution is 2.24. The molecule has 0 aliphatic rings. The van der Waals surface area contributed by atoms with Crippen molar-refractivity contribution in [3.05, 3.63) is 24.3 Å². The van der Waals surface area contributed by atoms with Gasteiger partial charge in [0.25, 0.3) is 0 Å². The van der Waals surface area contributed by atoms with E-state index in [-0.39, 0.29) is 5.97 Å². The Morgan fingerprint density at radius 2 is 1.85 bits per heavy atom. The minimum Gasteiger partial charge on any atom is -0.497 e.